The second-order valence-corrected chi connectivity index (χ2v) is 7.21. The molecule has 0 spiro atoms. The Morgan fingerprint density at radius 2 is 1.83 bits per heavy atom. The molecule has 0 saturated carbocycles. The van der Waals surface area contributed by atoms with Gasteiger partial charge in [-0.25, -0.2) is 9.48 Å². The maximum atomic E-state index is 12.5. The molecule has 35 heavy (non-hydrogen) atoms. The number of anilines is 2. The van der Waals surface area contributed by atoms with E-state index >= 15 is 0 Å². The quantitative estimate of drug-likeness (QED) is 0.395. The molecular weight excluding hydrogens is 458 g/mol. The fourth-order valence-electron chi connectivity index (χ4n) is 2.88. The van der Waals surface area contributed by atoms with Crippen LogP contribution in [0.5, 0.6) is 5.75 Å². The highest BCUT2D eigenvalue weighted by atomic mass is 16.5. The highest BCUT2D eigenvalue weighted by Gasteiger charge is 2.19. The Morgan fingerprint density at radius 1 is 1.03 bits per heavy atom. The summed E-state index contributed by atoms with van der Waals surface area (Å²) in [6.45, 7) is -0.996. The highest BCUT2D eigenvalue weighted by Crippen LogP contribution is 2.17. The fraction of sp³-hybridized carbons (Fsp3) is 0.227. The minimum Gasteiger partial charge on any atom is -0.497 e. The molecule has 0 atom stereocenters. The molecule has 3 amide bonds. The van der Waals surface area contributed by atoms with E-state index in [1.807, 2.05) is 0 Å². The van der Waals surface area contributed by atoms with Crippen molar-refractivity contribution in [2.75, 3.05) is 37.9 Å². The van der Waals surface area contributed by atoms with Crippen molar-refractivity contribution >= 4 is 35.1 Å². The normalized spacial score (nSPS) is 10.2. The zero-order valence-corrected chi connectivity index (χ0v) is 19.0. The van der Waals surface area contributed by atoms with E-state index in [4.69, 9.17) is 9.47 Å². The average Bonchev–Trinajstić information content (AvgIpc) is 3.35. The number of methoxy groups -OCH3 is 1. The number of ether oxygens (including phenoxy) is 2. The molecule has 3 rings (SSSR count). The lowest BCUT2D eigenvalue weighted by molar-refractivity contribution is -0.136. The van der Waals surface area contributed by atoms with Crippen LogP contribution in [-0.4, -0.2) is 76.1 Å². The molecule has 13 nitrogen and oxygen atoms in total. The first kappa shape index (κ1) is 24.8. The number of hydrogen-bond acceptors (Lipinski definition) is 9. The van der Waals surface area contributed by atoms with Gasteiger partial charge in [-0.1, -0.05) is 18.2 Å². The van der Waals surface area contributed by atoms with Crippen LogP contribution in [0, 0.1) is 0 Å². The Labute approximate surface area is 200 Å². The van der Waals surface area contributed by atoms with E-state index in [2.05, 4.69) is 26.2 Å². The third kappa shape index (κ3) is 7.35. The molecule has 0 saturated heterocycles. The van der Waals surface area contributed by atoms with Gasteiger partial charge in [-0.05, 0) is 34.7 Å². The molecule has 0 aliphatic carbocycles. The van der Waals surface area contributed by atoms with Gasteiger partial charge in [0.05, 0.1) is 24.9 Å². The van der Waals surface area contributed by atoms with Gasteiger partial charge in [-0.3, -0.25) is 14.4 Å². The molecular formula is C22H23N7O6. The van der Waals surface area contributed by atoms with Crippen molar-refractivity contribution in [3.63, 3.8) is 0 Å². The Balaban J connectivity index is 1.50. The smallest absolute Gasteiger partial charge is 0.340 e. The van der Waals surface area contributed by atoms with Gasteiger partial charge in [-0.2, -0.15) is 0 Å². The lowest BCUT2D eigenvalue weighted by Gasteiger charge is -2.17. The van der Waals surface area contributed by atoms with Gasteiger partial charge in [0.25, 0.3) is 5.91 Å². The van der Waals surface area contributed by atoms with Crippen LogP contribution in [0.1, 0.15) is 10.4 Å². The molecule has 3 aromatic rings. The van der Waals surface area contributed by atoms with E-state index in [0.29, 0.717) is 11.4 Å². The second-order valence-electron chi connectivity index (χ2n) is 7.21. The second kappa shape index (κ2) is 11.9. The fourth-order valence-corrected chi connectivity index (χ4v) is 2.88. The minimum atomic E-state index is -0.814. The zero-order valence-electron chi connectivity index (χ0n) is 19.0. The molecule has 0 bridgehead atoms. The summed E-state index contributed by atoms with van der Waals surface area (Å²) in [6, 6.07) is 13.0. The number of rotatable bonds is 10. The molecule has 0 unspecified atom stereocenters. The summed E-state index contributed by atoms with van der Waals surface area (Å²) in [5, 5.41) is 15.7. The largest absolute Gasteiger partial charge is 0.497 e. The molecule has 0 aliphatic heterocycles. The highest BCUT2D eigenvalue weighted by molar-refractivity contribution is 6.02. The van der Waals surface area contributed by atoms with E-state index in [1.165, 1.54) is 37.3 Å². The summed E-state index contributed by atoms with van der Waals surface area (Å²) in [5.74, 6) is -1.72. The zero-order chi connectivity index (χ0) is 25.2. The van der Waals surface area contributed by atoms with Crippen LogP contribution in [0.4, 0.5) is 11.4 Å². The number of benzene rings is 2. The third-order valence-electron chi connectivity index (χ3n) is 4.60. The lowest BCUT2D eigenvalue weighted by atomic mass is 10.2. The van der Waals surface area contributed by atoms with E-state index < -0.39 is 30.3 Å². The summed E-state index contributed by atoms with van der Waals surface area (Å²) in [7, 11) is 2.92. The number of tetrazole rings is 1. The Hall–Kier alpha value is -4.81. The average molecular weight is 481 g/mol. The Morgan fingerprint density at radius 3 is 2.57 bits per heavy atom. The number of likely N-dealkylation sites (N-methyl/N-ethyl adjacent to an activating group) is 1. The number of para-hydroxylation sites is 1. The van der Waals surface area contributed by atoms with Crippen LogP contribution in [0.25, 0.3) is 0 Å². The van der Waals surface area contributed by atoms with Crippen LogP contribution in [0.3, 0.4) is 0 Å². The monoisotopic (exact) mass is 481 g/mol. The molecule has 0 fully saturated rings. The van der Waals surface area contributed by atoms with Gasteiger partial charge in [-0.15, -0.1) is 5.10 Å². The van der Waals surface area contributed by atoms with E-state index in [9.17, 15) is 19.2 Å². The summed E-state index contributed by atoms with van der Waals surface area (Å²) in [5.41, 5.74) is 0.776. The van der Waals surface area contributed by atoms with Crippen LogP contribution in [0.2, 0.25) is 0 Å². The van der Waals surface area contributed by atoms with Crippen LogP contribution in [0.15, 0.2) is 54.9 Å². The minimum absolute atomic E-state index is 0.0591. The van der Waals surface area contributed by atoms with Crippen molar-refractivity contribution in [3.8, 4) is 5.75 Å². The van der Waals surface area contributed by atoms with Crippen LogP contribution < -0.4 is 15.4 Å². The van der Waals surface area contributed by atoms with Gasteiger partial charge < -0.3 is 25.0 Å². The van der Waals surface area contributed by atoms with Gasteiger partial charge in [0.1, 0.15) is 18.6 Å². The van der Waals surface area contributed by atoms with E-state index in [1.54, 1.807) is 36.4 Å². The molecule has 13 heteroatoms. The Kier molecular flexibility index (Phi) is 8.43. The van der Waals surface area contributed by atoms with E-state index in [-0.39, 0.29) is 24.3 Å². The maximum Gasteiger partial charge on any atom is 0.340 e. The molecule has 2 aromatic carbocycles. The van der Waals surface area contributed by atoms with Gasteiger partial charge >= 0.3 is 5.97 Å². The molecule has 1 heterocycles. The molecule has 182 valence electrons. The lowest BCUT2D eigenvalue weighted by Crippen LogP contribution is -2.37. The SMILES string of the molecule is COc1cccc(NC(=O)CN(C)C(=O)COC(=O)c2ccccc2NC(=O)Cn2cnnn2)c1. The number of carbonyl (C=O) groups excluding carboxylic acids is 4. The number of nitrogens with zero attached hydrogens (tertiary/aromatic N) is 5. The van der Waals surface area contributed by atoms with Gasteiger partial charge in [0.2, 0.25) is 11.8 Å². The summed E-state index contributed by atoms with van der Waals surface area (Å²) in [6.07, 6.45) is 1.28. The number of hydrogen-bond donors (Lipinski definition) is 2. The molecule has 1 aromatic heterocycles. The summed E-state index contributed by atoms with van der Waals surface area (Å²) >= 11 is 0. The molecule has 0 aliphatic rings. The van der Waals surface area contributed by atoms with Gasteiger partial charge in [0.15, 0.2) is 6.61 Å². The van der Waals surface area contributed by atoms with Crippen molar-refractivity contribution in [2.45, 2.75) is 6.54 Å². The van der Waals surface area contributed by atoms with Crippen molar-refractivity contribution in [2.24, 2.45) is 0 Å². The van der Waals surface area contributed by atoms with Crippen molar-refractivity contribution in [1.82, 2.24) is 25.1 Å². The van der Waals surface area contributed by atoms with E-state index in [0.717, 1.165) is 4.90 Å². The Bertz CT molecular complexity index is 1200. The van der Waals surface area contributed by atoms with Crippen molar-refractivity contribution in [3.05, 3.63) is 60.4 Å². The van der Waals surface area contributed by atoms with Crippen LogP contribution in [-0.2, 0) is 25.7 Å². The van der Waals surface area contributed by atoms with Crippen LogP contribution >= 0.6 is 0 Å². The summed E-state index contributed by atoms with van der Waals surface area (Å²) in [4.78, 5) is 50.5. The maximum absolute atomic E-state index is 12.5. The third-order valence-corrected chi connectivity index (χ3v) is 4.60. The number of nitrogens with one attached hydrogen (secondary N) is 2. The van der Waals surface area contributed by atoms with Gasteiger partial charge in [0, 0.05) is 18.8 Å². The first-order valence-electron chi connectivity index (χ1n) is 10.3. The standard InChI is InChI=1S/C22H23N7O6/c1-28(11-19(30)24-15-6-5-7-16(10-15)34-2)21(32)13-35-22(33)17-8-3-4-9-18(17)25-20(31)12-29-14-23-26-27-29/h3-10,14H,11-13H2,1-2H3,(H,24,30)(H,25,31). The first-order chi connectivity index (χ1) is 16.9. The molecule has 2 N–H and O–H groups in total. The summed E-state index contributed by atoms with van der Waals surface area (Å²) < 4.78 is 11.4. The number of esters is 1. The molecule has 0 radical (unpaired) electrons. The first-order valence-corrected chi connectivity index (χ1v) is 10.3. The topological polar surface area (TPSA) is 158 Å². The van der Waals surface area contributed by atoms with Crippen molar-refractivity contribution in [1.29, 1.82) is 0 Å². The number of carbonyl (C=O) groups is 4. The predicted octanol–water partition coefficient (Wildman–Crippen LogP) is 0.574. The number of amides is 3. The number of aromatic nitrogens is 4. The van der Waals surface area contributed by atoms with Crippen molar-refractivity contribution < 1.29 is 28.7 Å². The predicted molar refractivity (Wildman–Crippen MR) is 122 cm³/mol.